The number of fused-ring (bicyclic) bond motifs is 1. The Hall–Kier alpha value is -1.80. The van der Waals surface area contributed by atoms with E-state index in [0.29, 0.717) is 19.5 Å². The molecule has 0 saturated carbocycles. The lowest BCUT2D eigenvalue weighted by molar-refractivity contribution is 0.276. The maximum absolute atomic E-state index is 13.0. The van der Waals surface area contributed by atoms with Gasteiger partial charge in [-0.2, -0.15) is 0 Å². The van der Waals surface area contributed by atoms with Gasteiger partial charge in [-0.15, -0.1) is 11.3 Å². The SMILES string of the molecule is Cc1nc(CN2CCCN(S(=O)(=O)CCc3cccc4ccccc34)CC2)cs1. The third-order valence-electron chi connectivity index (χ3n) is 5.50. The summed E-state index contributed by atoms with van der Waals surface area (Å²) < 4.78 is 27.7. The molecule has 1 fully saturated rings. The summed E-state index contributed by atoms with van der Waals surface area (Å²) in [4.78, 5) is 6.85. The predicted molar refractivity (Wildman–Crippen MR) is 120 cm³/mol. The minimum atomic E-state index is -3.27. The zero-order valence-electron chi connectivity index (χ0n) is 16.8. The van der Waals surface area contributed by atoms with Gasteiger partial charge in [-0.05, 0) is 42.6 Å². The lowest BCUT2D eigenvalue weighted by Crippen LogP contribution is -2.37. The van der Waals surface area contributed by atoms with Crippen LogP contribution in [0.3, 0.4) is 0 Å². The lowest BCUT2D eigenvalue weighted by atomic mass is 10.0. The van der Waals surface area contributed by atoms with Crippen molar-refractivity contribution in [2.45, 2.75) is 26.3 Å². The number of nitrogens with zero attached hydrogens (tertiary/aromatic N) is 3. The zero-order chi connectivity index (χ0) is 20.3. The van der Waals surface area contributed by atoms with Crippen molar-refractivity contribution >= 4 is 32.1 Å². The van der Waals surface area contributed by atoms with Gasteiger partial charge in [0.1, 0.15) is 0 Å². The summed E-state index contributed by atoms with van der Waals surface area (Å²) in [5.41, 5.74) is 2.18. The van der Waals surface area contributed by atoms with Crippen molar-refractivity contribution in [1.29, 1.82) is 0 Å². The van der Waals surface area contributed by atoms with E-state index < -0.39 is 10.0 Å². The molecule has 5 nitrogen and oxygen atoms in total. The van der Waals surface area contributed by atoms with Crippen LogP contribution in [0.5, 0.6) is 0 Å². The Morgan fingerprint density at radius 1 is 1.03 bits per heavy atom. The molecule has 1 saturated heterocycles. The normalized spacial score (nSPS) is 16.9. The van der Waals surface area contributed by atoms with Gasteiger partial charge in [0, 0.05) is 31.6 Å². The molecule has 29 heavy (non-hydrogen) atoms. The Balaban J connectivity index is 1.38. The van der Waals surface area contributed by atoms with E-state index in [4.69, 9.17) is 0 Å². The number of benzene rings is 2. The van der Waals surface area contributed by atoms with Crippen LogP contribution in [-0.4, -0.2) is 54.5 Å². The van der Waals surface area contributed by atoms with Crippen LogP contribution in [0.2, 0.25) is 0 Å². The summed E-state index contributed by atoms with van der Waals surface area (Å²) in [6, 6.07) is 14.3. The molecule has 7 heteroatoms. The van der Waals surface area contributed by atoms with Crippen molar-refractivity contribution in [2.75, 3.05) is 31.9 Å². The number of aryl methyl sites for hydroxylation is 2. The highest BCUT2D eigenvalue weighted by Crippen LogP contribution is 2.20. The zero-order valence-corrected chi connectivity index (χ0v) is 18.4. The van der Waals surface area contributed by atoms with Gasteiger partial charge in [-0.1, -0.05) is 42.5 Å². The number of rotatable bonds is 6. The van der Waals surface area contributed by atoms with Crippen molar-refractivity contribution < 1.29 is 8.42 Å². The predicted octanol–water partition coefficient (Wildman–Crippen LogP) is 3.68. The molecule has 0 unspecified atom stereocenters. The summed E-state index contributed by atoms with van der Waals surface area (Å²) in [6.07, 6.45) is 1.40. The Labute approximate surface area is 177 Å². The van der Waals surface area contributed by atoms with E-state index in [0.717, 1.165) is 53.1 Å². The van der Waals surface area contributed by atoms with Crippen molar-refractivity contribution in [1.82, 2.24) is 14.2 Å². The smallest absolute Gasteiger partial charge is 0.214 e. The quantitative estimate of drug-likeness (QED) is 0.600. The van der Waals surface area contributed by atoms with Gasteiger partial charge in [-0.25, -0.2) is 17.7 Å². The number of thiazole rings is 1. The highest BCUT2D eigenvalue weighted by atomic mass is 32.2. The second-order valence-corrected chi connectivity index (χ2v) is 10.7. The molecule has 2 aromatic carbocycles. The Morgan fingerprint density at radius 2 is 1.86 bits per heavy atom. The van der Waals surface area contributed by atoms with E-state index in [9.17, 15) is 8.42 Å². The first-order valence-corrected chi connectivity index (χ1v) is 12.6. The molecule has 0 N–H and O–H groups in total. The largest absolute Gasteiger partial charge is 0.296 e. The van der Waals surface area contributed by atoms with Crippen LogP contribution in [0, 0.1) is 6.92 Å². The van der Waals surface area contributed by atoms with Crippen molar-refractivity contribution in [3.05, 3.63) is 64.1 Å². The van der Waals surface area contributed by atoms with Crippen LogP contribution in [0.15, 0.2) is 47.8 Å². The first kappa shape index (κ1) is 20.5. The Kier molecular flexibility index (Phi) is 6.29. The molecule has 2 heterocycles. The van der Waals surface area contributed by atoms with Crippen molar-refractivity contribution in [2.24, 2.45) is 0 Å². The van der Waals surface area contributed by atoms with Crippen LogP contribution in [-0.2, 0) is 23.0 Å². The molecular formula is C22H27N3O2S2. The highest BCUT2D eigenvalue weighted by Gasteiger charge is 2.25. The van der Waals surface area contributed by atoms with Gasteiger partial charge in [0.05, 0.1) is 16.5 Å². The summed E-state index contributed by atoms with van der Waals surface area (Å²) in [7, 11) is -3.27. The number of hydrogen-bond donors (Lipinski definition) is 0. The third-order valence-corrected chi connectivity index (χ3v) is 8.20. The molecule has 3 aromatic rings. The van der Waals surface area contributed by atoms with Crippen LogP contribution < -0.4 is 0 Å². The van der Waals surface area contributed by atoms with Crippen LogP contribution in [0.4, 0.5) is 0 Å². The molecule has 1 aliphatic rings. The average molecular weight is 430 g/mol. The molecule has 0 radical (unpaired) electrons. The second-order valence-electron chi connectivity index (χ2n) is 7.59. The molecule has 0 aliphatic carbocycles. The maximum atomic E-state index is 13.0. The molecule has 0 atom stereocenters. The fourth-order valence-corrected chi connectivity index (χ4v) is 6.08. The van der Waals surface area contributed by atoms with E-state index in [1.165, 1.54) is 0 Å². The van der Waals surface area contributed by atoms with Crippen LogP contribution in [0.1, 0.15) is 22.7 Å². The summed E-state index contributed by atoms with van der Waals surface area (Å²) in [5.74, 6) is 0.159. The first-order valence-electron chi connectivity index (χ1n) is 10.1. The fraction of sp³-hybridized carbons (Fsp3) is 0.409. The molecule has 0 bridgehead atoms. The topological polar surface area (TPSA) is 53.5 Å². The van der Waals surface area contributed by atoms with E-state index in [1.54, 1.807) is 15.6 Å². The van der Waals surface area contributed by atoms with Crippen molar-refractivity contribution in [3.8, 4) is 0 Å². The second kappa shape index (κ2) is 8.92. The Morgan fingerprint density at radius 3 is 2.69 bits per heavy atom. The van der Waals surface area contributed by atoms with Gasteiger partial charge < -0.3 is 0 Å². The maximum Gasteiger partial charge on any atom is 0.214 e. The minimum absolute atomic E-state index is 0.159. The van der Waals surface area contributed by atoms with E-state index in [-0.39, 0.29) is 5.75 Å². The van der Waals surface area contributed by atoms with Gasteiger partial charge in [-0.3, -0.25) is 4.90 Å². The number of hydrogen-bond acceptors (Lipinski definition) is 5. The highest BCUT2D eigenvalue weighted by molar-refractivity contribution is 7.89. The number of sulfonamides is 1. The van der Waals surface area contributed by atoms with Crippen LogP contribution in [0.25, 0.3) is 10.8 Å². The first-order chi connectivity index (χ1) is 14.0. The monoisotopic (exact) mass is 429 g/mol. The van der Waals surface area contributed by atoms with Crippen molar-refractivity contribution in [3.63, 3.8) is 0 Å². The van der Waals surface area contributed by atoms with Crippen LogP contribution >= 0.6 is 11.3 Å². The van der Waals surface area contributed by atoms with Gasteiger partial charge in [0.25, 0.3) is 0 Å². The third kappa shape index (κ3) is 5.04. The van der Waals surface area contributed by atoms with Gasteiger partial charge in [0.15, 0.2) is 0 Å². The lowest BCUT2D eigenvalue weighted by Gasteiger charge is -2.21. The summed E-state index contributed by atoms with van der Waals surface area (Å²) >= 11 is 1.66. The molecule has 0 amide bonds. The average Bonchev–Trinajstić information content (AvgIpc) is 2.97. The van der Waals surface area contributed by atoms with E-state index in [1.807, 2.05) is 31.2 Å². The summed E-state index contributed by atoms with van der Waals surface area (Å²) in [5, 5.41) is 5.47. The minimum Gasteiger partial charge on any atom is -0.296 e. The summed E-state index contributed by atoms with van der Waals surface area (Å²) in [6.45, 7) is 5.64. The molecule has 1 aliphatic heterocycles. The molecule has 154 valence electrons. The van der Waals surface area contributed by atoms with E-state index >= 15 is 0 Å². The fourth-order valence-electron chi connectivity index (χ4n) is 3.97. The standard InChI is InChI=1S/C22H27N3O2S2/c1-18-23-21(17-28-18)16-24-11-5-12-25(14-13-24)29(26,27)15-10-20-8-4-7-19-6-2-3-9-22(19)20/h2-4,6-9,17H,5,10-16H2,1H3. The molecule has 1 aromatic heterocycles. The van der Waals surface area contributed by atoms with E-state index in [2.05, 4.69) is 33.5 Å². The Bertz CT molecular complexity index is 1070. The number of aromatic nitrogens is 1. The molecular weight excluding hydrogens is 402 g/mol. The van der Waals surface area contributed by atoms with Gasteiger partial charge >= 0.3 is 0 Å². The van der Waals surface area contributed by atoms with Gasteiger partial charge in [0.2, 0.25) is 10.0 Å². The molecule has 4 rings (SSSR count). The molecule has 0 spiro atoms.